The maximum absolute atomic E-state index is 11.6. The van der Waals surface area contributed by atoms with E-state index in [0.717, 1.165) is 19.3 Å². The summed E-state index contributed by atoms with van der Waals surface area (Å²) in [5.41, 5.74) is 2.55. The van der Waals surface area contributed by atoms with Gasteiger partial charge in [-0.25, -0.2) is 9.59 Å². The molecular weight excluding hydrogens is 524 g/mol. The Balaban J connectivity index is 1.57. The van der Waals surface area contributed by atoms with E-state index in [-0.39, 0.29) is 24.7 Å². The summed E-state index contributed by atoms with van der Waals surface area (Å²) in [5, 5.41) is 17.9. The molecule has 1 aliphatic carbocycles. The van der Waals surface area contributed by atoms with Crippen LogP contribution >= 0.6 is 0 Å². The molecule has 222 valence electrons. The molecule has 0 aromatic heterocycles. The average Bonchev–Trinajstić information content (AvgIpc) is 3.01. The first kappa shape index (κ1) is 31.9. The van der Waals surface area contributed by atoms with Crippen molar-refractivity contribution in [3.8, 4) is 11.5 Å². The zero-order chi connectivity index (χ0) is 29.6. The number of rotatable bonds is 16. The summed E-state index contributed by atoms with van der Waals surface area (Å²) in [6, 6.07) is 16.0. The predicted octanol–water partition coefficient (Wildman–Crippen LogP) is 5.79. The van der Waals surface area contributed by atoms with Crippen LogP contribution in [0.5, 0.6) is 11.5 Å². The van der Waals surface area contributed by atoms with Crippen LogP contribution in [0.3, 0.4) is 0 Å². The molecule has 3 atom stereocenters. The maximum atomic E-state index is 11.6. The molecule has 0 spiro atoms. The van der Waals surface area contributed by atoms with E-state index in [2.05, 4.69) is 44.3 Å². The Morgan fingerprint density at radius 3 is 1.78 bits per heavy atom. The van der Waals surface area contributed by atoms with E-state index in [1.807, 2.05) is 24.3 Å². The number of carbonyl (C=O) groups excluding carboxylic acids is 2. The second-order valence-corrected chi connectivity index (χ2v) is 10.4. The molecule has 2 N–H and O–H groups in total. The summed E-state index contributed by atoms with van der Waals surface area (Å²) >= 11 is 0. The molecule has 0 bridgehead atoms. The molecule has 1 aliphatic rings. The lowest BCUT2D eigenvalue weighted by Gasteiger charge is -2.37. The molecule has 8 nitrogen and oxygen atoms in total. The zero-order valence-corrected chi connectivity index (χ0v) is 23.9. The SMILES string of the molecule is C=C(CO)C(=O)OCOc1ccc(C2CCC(c3ccc(OCOC(=O)C(=C)CO)cc3)C(CCCCC)C2)cc1. The topological polar surface area (TPSA) is 112 Å². The lowest BCUT2D eigenvalue weighted by molar-refractivity contribution is -0.146. The minimum atomic E-state index is -0.677. The first-order chi connectivity index (χ1) is 19.9. The van der Waals surface area contributed by atoms with E-state index >= 15 is 0 Å². The van der Waals surface area contributed by atoms with E-state index in [9.17, 15) is 9.59 Å². The van der Waals surface area contributed by atoms with Gasteiger partial charge < -0.3 is 29.2 Å². The molecule has 1 fully saturated rings. The van der Waals surface area contributed by atoms with E-state index in [1.165, 1.54) is 36.8 Å². The number of hydrogen-bond donors (Lipinski definition) is 2. The fraction of sp³-hybridized carbons (Fsp3) is 0.455. The number of aliphatic hydroxyl groups excluding tert-OH is 2. The number of ether oxygens (including phenoxy) is 4. The van der Waals surface area contributed by atoms with Crippen molar-refractivity contribution >= 4 is 11.9 Å². The van der Waals surface area contributed by atoms with Gasteiger partial charge in [0.2, 0.25) is 13.6 Å². The summed E-state index contributed by atoms with van der Waals surface area (Å²) in [4.78, 5) is 23.2. The van der Waals surface area contributed by atoms with E-state index in [1.54, 1.807) is 0 Å². The van der Waals surface area contributed by atoms with Gasteiger partial charge in [-0.2, -0.15) is 0 Å². The van der Waals surface area contributed by atoms with Crippen LogP contribution in [0.15, 0.2) is 72.8 Å². The first-order valence-electron chi connectivity index (χ1n) is 14.2. The maximum Gasteiger partial charge on any atom is 0.338 e. The van der Waals surface area contributed by atoms with Crippen molar-refractivity contribution in [2.45, 2.75) is 63.7 Å². The van der Waals surface area contributed by atoms with Crippen molar-refractivity contribution < 1.29 is 38.7 Å². The third-order valence-electron chi connectivity index (χ3n) is 7.61. The minimum absolute atomic E-state index is 0.0116. The molecule has 1 saturated carbocycles. The van der Waals surface area contributed by atoms with Gasteiger partial charge in [0, 0.05) is 0 Å². The second kappa shape index (κ2) is 16.6. The summed E-state index contributed by atoms with van der Waals surface area (Å²) in [6.07, 6.45) is 8.09. The molecule has 3 unspecified atom stereocenters. The van der Waals surface area contributed by atoms with Gasteiger partial charge in [-0.1, -0.05) is 63.6 Å². The Bertz CT molecular complexity index is 1140. The van der Waals surface area contributed by atoms with Gasteiger partial charge in [-0.15, -0.1) is 0 Å². The molecule has 0 aliphatic heterocycles. The third kappa shape index (κ3) is 9.76. The van der Waals surface area contributed by atoms with Gasteiger partial charge in [0.25, 0.3) is 0 Å². The summed E-state index contributed by atoms with van der Waals surface area (Å²) in [7, 11) is 0. The fourth-order valence-electron chi connectivity index (χ4n) is 5.26. The van der Waals surface area contributed by atoms with Crippen LogP contribution in [0, 0.1) is 5.92 Å². The van der Waals surface area contributed by atoms with Gasteiger partial charge in [-0.3, -0.25) is 0 Å². The third-order valence-corrected chi connectivity index (χ3v) is 7.61. The molecule has 41 heavy (non-hydrogen) atoms. The Morgan fingerprint density at radius 1 is 0.780 bits per heavy atom. The summed E-state index contributed by atoms with van der Waals surface area (Å²) in [6.45, 7) is 7.72. The second-order valence-electron chi connectivity index (χ2n) is 10.4. The van der Waals surface area contributed by atoms with E-state index in [4.69, 9.17) is 29.2 Å². The predicted molar refractivity (Wildman–Crippen MR) is 155 cm³/mol. The van der Waals surface area contributed by atoms with Crippen molar-refractivity contribution in [1.29, 1.82) is 0 Å². The highest BCUT2D eigenvalue weighted by Gasteiger charge is 2.32. The largest absolute Gasteiger partial charge is 0.457 e. The molecule has 0 saturated heterocycles. The lowest BCUT2D eigenvalue weighted by Crippen LogP contribution is -2.23. The zero-order valence-electron chi connectivity index (χ0n) is 23.9. The number of aliphatic hydroxyl groups is 2. The average molecular weight is 567 g/mol. The van der Waals surface area contributed by atoms with Crippen LogP contribution < -0.4 is 9.47 Å². The number of benzene rings is 2. The fourth-order valence-corrected chi connectivity index (χ4v) is 5.26. The van der Waals surface area contributed by atoms with E-state index in [0.29, 0.717) is 29.3 Å². The Labute approximate surface area is 242 Å². The number of hydrogen-bond acceptors (Lipinski definition) is 8. The Morgan fingerprint density at radius 2 is 1.29 bits per heavy atom. The van der Waals surface area contributed by atoms with Gasteiger partial charge in [0.05, 0.1) is 24.4 Å². The quantitative estimate of drug-likeness (QED) is 0.114. The van der Waals surface area contributed by atoms with Gasteiger partial charge in [0.1, 0.15) is 11.5 Å². The minimum Gasteiger partial charge on any atom is -0.457 e. The summed E-state index contributed by atoms with van der Waals surface area (Å²) in [5.74, 6) is 1.36. The van der Waals surface area contributed by atoms with Crippen LogP contribution in [0.2, 0.25) is 0 Å². The van der Waals surface area contributed by atoms with Crippen LogP contribution in [-0.2, 0) is 19.1 Å². The summed E-state index contributed by atoms with van der Waals surface area (Å²) < 4.78 is 21.0. The van der Waals surface area contributed by atoms with Crippen molar-refractivity contribution in [2.24, 2.45) is 5.92 Å². The van der Waals surface area contributed by atoms with Crippen LogP contribution in [0.4, 0.5) is 0 Å². The molecule has 0 amide bonds. The number of carbonyl (C=O) groups is 2. The molecule has 8 heteroatoms. The Kier molecular flexibility index (Phi) is 12.9. The van der Waals surface area contributed by atoms with Crippen molar-refractivity contribution in [1.82, 2.24) is 0 Å². The highest BCUT2D eigenvalue weighted by Crippen LogP contribution is 2.46. The molecule has 2 aromatic rings. The lowest BCUT2D eigenvalue weighted by atomic mass is 9.68. The first-order valence-corrected chi connectivity index (χ1v) is 14.2. The van der Waals surface area contributed by atoms with Crippen molar-refractivity contribution in [3.05, 3.63) is 84.0 Å². The van der Waals surface area contributed by atoms with Crippen molar-refractivity contribution in [2.75, 3.05) is 26.8 Å². The Hall–Kier alpha value is -3.62. The highest BCUT2D eigenvalue weighted by molar-refractivity contribution is 5.88. The molecule has 2 aromatic carbocycles. The van der Waals surface area contributed by atoms with Gasteiger partial charge in [-0.05, 0) is 78.8 Å². The van der Waals surface area contributed by atoms with Crippen LogP contribution in [0.1, 0.15) is 74.8 Å². The highest BCUT2D eigenvalue weighted by atomic mass is 16.7. The smallest absolute Gasteiger partial charge is 0.338 e. The van der Waals surface area contributed by atoms with Gasteiger partial charge in [0.15, 0.2) is 0 Å². The number of esters is 2. The van der Waals surface area contributed by atoms with Crippen molar-refractivity contribution in [3.63, 3.8) is 0 Å². The van der Waals surface area contributed by atoms with Crippen LogP contribution in [-0.4, -0.2) is 49.0 Å². The normalized spacial score (nSPS) is 18.3. The van der Waals surface area contributed by atoms with Gasteiger partial charge >= 0.3 is 11.9 Å². The molecular formula is C33H42O8. The van der Waals surface area contributed by atoms with Crippen LogP contribution in [0.25, 0.3) is 0 Å². The molecule has 0 heterocycles. The number of unbranched alkanes of at least 4 members (excludes halogenated alkanes) is 2. The molecule has 0 radical (unpaired) electrons. The molecule has 3 rings (SSSR count). The van der Waals surface area contributed by atoms with E-state index < -0.39 is 25.2 Å². The standard InChI is InChI=1S/C33H42O8/c1-4-5-6-7-28-18-27(25-8-13-29(14-9-25)38-21-40-32(36)23(2)19-34)12-17-31(28)26-10-15-30(16-11-26)39-22-41-33(37)24(3)20-35/h8-11,13-16,27-28,31,34-35H,2-7,12,17-22H2,1H3. The monoisotopic (exact) mass is 566 g/mol.